The van der Waals surface area contributed by atoms with Crippen LogP contribution in [0.15, 0.2) is 24.5 Å². The number of pyridine rings is 1. The fourth-order valence-electron chi connectivity index (χ4n) is 4.50. The van der Waals surface area contributed by atoms with Crippen LogP contribution >= 0.6 is 0 Å². The topological polar surface area (TPSA) is 43.2 Å². The highest BCUT2D eigenvalue weighted by atomic mass is 19.4. The summed E-state index contributed by atoms with van der Waals surface area (Å²) in [6.45, 7) is 7.64. The maximum absolute atomic E-state index is 13.1. The Morgan fingerprint density at radius 3 is 2.55 bits per heavy atom. The van der Waals surface area contributed by atoms with Gasteiger partial charge in [0.2, 0.25) is 0 Å². The van der Waals surface area contributed by atoms with Gasteiger partial charge in [-0.3, -0.25) is 14.6 Å². The second-order valence-electron chi connectivity index (χ2n) is 8.26. The van der Waals surface area contributed by atoms with Crippen molar-refractivity contribution < 1.29 is 17.9 Å². The van der Waals surface area contributed by atoms with Gasteiger partial charge in [0.25, 0.3) is 0 Å². The van der Waals surface area contributed by atoms with Gasteiger partial charge in [0, 0.05) is 54.7 Å². The predicted octanol–water partition coefficient (Wildman–Crippen LogP) is 4.51. The largest absolute Gasteiger partial charge is 0.417 e. The molecule has 1 saturated carbocycles. The molecular formula is C21H27F3N4O. The summed E-state index contributed by atoms with van der Waals surface area (Å²) in [4.78, 5) is 6.31. The van der Waals surface area contributed by atoms with Crippen LogP contribution < -0.4 is 0 Å². The molecule has 0 N–H and O–H groups in total. The number of hydrogen-bond donors (Lipinski definition) is 0. The summed E-state index contributed by atoms with van der Waals surface area (Å²) < 4.78 is 46.7. The van der Waals surface area contributed by atoms with Gasteiger partial charge in [0.05, 0.1) is 24.5 Å². The standard InChI is InChI=1S/C21H27F3N4O/c1-14(2)28-20(15-3-4-18(10-15)27-5-7-29-8-6-27)11-19(26-28)16-9-17(13-25-12-16)21(22,23)24/h9,11-15,18H,3-8,10H2,1-2H3/t15-,18-/m0/s1. The fourth-order valence-corrected chi connectivity index (χ4v) is 4.50. The van der Waals surface area contributed by atoms with Gasteiger partial charge in [-0.15, -0.1) is 0 Å². The molecular weight excluding hydrogens is 381 g/mol. The first kappa shape index (κ1) is 20.3. The fraction of sp³-hybridized carbons (Fsp3) is 0.619. The minimum atomic E-state index is -4.41. The molecule has 1 saturated heterocycles. The van der Waals surface area contributed by atoms with Crippen LogP contribution in [0.25, 0.3) is 11.3 Å². The quantitative estimate of drug-likeness (QED) is 0.747. The molecule has 3 heterocycles. The molecule has 158 valence electrons. The molecule has 0 radical (unpaired) electrons. The van der Waals surface area contributed by atoms with Gasteiger partial charge >= 0.3 is 6.18 Å². The number of halogens is 3. The Kier molecular flexibility index (Phi) is 5.66. The maximum Gasteiger partial charge on any atom is 0.417 e. The van der Waals surface area contributed by atoms with Crippen molar-refractivity contribution in [1.29, 1.82) is 0 Å². The maximum atomic E-state index is 13.1. The predicted molar refractivity (Wildman–Crippen MR) is 104 cm³/mol. The molecule has 8 heteroatoms. The third kappa shape index (κ3) is 4.33. The summed E-state index contributed by atoms with van der Waals surface area (Å²) in [7, 11) is 0. The van der Waals surface area contributed by atoms with Gasteiger partial charge in [0.15, 0.2) is 0 Å². The van der Waals surface area contributed by atoms with E-state index in [-0.39, 0.29) is 6.04 Å². The molecule has 2 aromatic heterocycles. The molecule has 0 unspecified atom stereocenters. The lowest BCUT2D eigenvalue weighted by Crippen LogP contribution is -2.42. The summed E-state index contributed by atoms with van der Waals surface area (Å²) in [6.07, 6.45) is 1.15. The first-order valence-corrected chi connectivity index (χ1v) is 10.3. The summed E-state index contributed by atoms with van der Waals surface area (Å²) in [5.74, 6) is 0.366. The number of morpholine rings is 1. The number of aromatic nitrogens is 3. The van der Waals surface area contributed by atoms with Crippen LogP contribution in [0.1, 0.15) is 56.3 Å². The first-order chi connectivity index (χ1) is 13.8. The van der Waals surface area contributed by atoms with E-state index in [9.17, 15) is 13.2 Å². The van der Waals surface area contributed by atoms with E-state index in [2.05, 4.69) is 28.8 Å². The SMILES string of the molecule is CC(C)n1nc(-c2cncc(C(F)(F)F)c2)cc1[C@H]1CC[C@H](N2CCOCC2)C1. The van der Waals surface area contributed by atoms with Crippen LogP contribution in [0.2, 0.25) is 0 Å². The Bertz CT molecular complexity index is 843. The zero-order chi connectivity index (χ0) is 20.6. The van der Waals surface area contributed by atoms with Crippen molar-refractivity contribution in [2.45, 2.75) is 57.3 Å². The second-order valence-corrected chi connectivity index (χ2v) is 8.26. The molecule has 1 aliphatic heterocycles. The van der Waals surface area contributed by atoms with Crippen molar-refractivity contribution in [3.05, 3.63) is 35.8 Å². The first-order valence-electron chi connectivity index (χ1n) is 10.3. The molecule has 2 fully saturated rings. The van der Waals surface area contributed by atoms with Gasteiger partial charge in [-0.2, -0.15) is 18.3 Å². The third-order valence-corrected chi connectivity index (χ3v) is 6.00. The van der Waals surface area contributed by atoms with Crippen molar-refractivity contribution in [1.82, 2.24) is 19.7 Å². The zero-order valence-corrected chi connectivity index (χ0v) is 16.8. The van der Waals surface area contributed by atoms with Crippen molar-refractivity contribution in [2.24, 2.45) is 0 Å². The highest BCUT2D eigenvalue weighted by Gasteiger charge is 2.34. The molecule has 4 rings (SSSR count). The number of ether oxygens (including phenoxy) is 1. The normalized spacial score (nSPS) is 23.8. The lowest BCUT2D eigenvalue weighted by molar-refractivity contribution is -0.137. The molecule has 2 aliphatic rings. The summed E-state index contributed by atoms with van der Waals surface area (Å²) in [6, 6.07) is 3.77. The Morgan fingerprint density at radius 1 is 1.10 bits per heavy atom. The average Bonchev–Trinajstić information content (AvgIpc) is 3.35. The number of nitrogens with zero attached hydrogens (tertiary/aromatic N) is 4. The Labute approximate surface area is 168 Å². The van der Waals surface area contributed by atoms with Gasteiger partial charge < -0.3 is 4.74 Å². The second kappa shape index (κ2) is 8.07. The minimum Gasteiger partial charge on any atom is -0.379 e. The molecule has 0 bridgehead atoms. The lowest BCUT2D eigenvalue weighted by Gasteiger charge is -2.32. The summed E-state index contributed by atoms with van der Waals surface area (Å²) >= 11 is 0. The molecule has 1 aliphatic carbocycles. The zero-order valence-electron chi connectivity index (χ0n) is 16.8. The number of rotatable bonds is 4. The van der Waals surface area contributed by atoms with Crippen LogP contribution in [0.4, 0.5) is 13.2 Å². The van der Waals surface area contributed by atoms with E-state index in [1.54, 1.807) is 0 Å². The van der Waals surface area contributed by atoms with Gasteiger partial charge in [-0.05, 0) is 45.2 Å². The monoisotopic (exact) mass is 408 g/mol. The molecule has 5 nitrogen and oxygen atoms in total. The highest BCUT2D eigenvalue weighted by Crippen LogP contribution is 2.39. The lowest BCUT2D eigenvalue weighted by atomic mass is 10.0. The Morgan fingerprint density at radius 2 is 1.86 bits per heavy atom. The van der Waals surface area contributed by atoms with Crippen LogP contribution in [-0.2, 0) is 10.9 Å². The summed E-state index contributed by atoms with van der Waals surface area (Å²) in [5.41, 5.74) is 1.33. The van der Waals surface area contributed by atoms with E-state index in [4.69, 9.17) is 4.74 Å². The molecule has 0 amide bonds. The van der Waals surface area contributed by atoms with Crippen LogP contribution in [0.3, 0.4) is 0 Å². The number of alkyl halides is 3. The van der Waals surface area contributed by atoms with E-state index < -0.39 is 11.7 Å². The Hall–Kier alpha value is -1.93. The third-order valence-electron chi connectivity index (χ3n) is 6.00. The summed E-state index contributed by atoms with van der Waals surface area (Å²) in [5, 5.41) is 4.66. The van der Waals surface area contributed by atoms with Crippen molar-refractivity contribution >= 4 is 0 Å². The minimum absolute atomic E-state index is 0.139. The number of hydrogen-bond acceptors (Lipinski definition) is 4. The highest BCUT2D eigenvalue weighted by molar-refractivity contribution is 5.59. The van der Waals surface area contributed by atoms with E-state index in [1.165, 1.54) is 6.20 Å². The molecule has 0 spiro atoms. The van der Waals surface area contributed by atoms with Crippen molar-refractivity contribution in [3.63, 3.8) is 0 Å². The van der Waals surface area contributed by atoms with E-state index in [0.29, 0.717) is 23.2 Å². The molecule has 2 atom stereocenters. The molecule has 2 aromatic rings. The van der Waals surface area contributed by atoms with E-state index in [1.807, 2.05) is 10.7 Å². The molecule has 29 heavy (non-hydrogen) atoms. The van der Waals surface area contributed by atoms with Crippen LogP contribution in [0, 0.1) is 0 Å². The van der Waals surface area contributed by atoms with Crippen LogP contribution in [-0.4, -0.2) is 52.0 Å². The van der Waals surface area contributed by atoms with E-state index in [0.717, 1.165) is 63.5 Å². The Balaban J connectivity index is 1.59. The molecule has 0 aromatic carbocycles. The van der Waals surface area contributed by atoms with Crippen molar-refractivity contribution in [2.75, 3.05) is 26.3 Å². The van der Waals surface area contributed by atoms with E-state index >= 15 is 0 Å². The van der Waals surface area contributed by atoms with Gasteiger partial charge in [-0.1, -0.05) is 0 Å². The van der Waals surface area contributed by atoms with Crippen molar-refractivity contribution in [3.8, 4) is 11.3 Å². The smallest absolute Gasteiger partial charge is 0.379 e. The van der Waals surface area contributed by atoms with Gasteiger partial charge in [0.1, 0.15) is 0 Å². The average molecular weight is 408 g/mol. The van der Waals surface area contributed by atoms with Crippen LogP contribution in [0.5, 0.6) is 0 Å². The van der Waals surface area contributed by atoms with Gasteiger partial charge in [-0.25, -0.2) is 0 Å².